The molecule has 0 spiro atoms. The number of H-pyrrole nitrogens is 1. The Morgan fingerprint density at radius 2 is 2.32 bits per heavy atom. The van der Waals surface area contributed by atoms with Crippen molar-refractivity contribution in [2.24, 2.45) is 11.1 Å². The number of nitrogens with two attached hydrogens (primary N) is 1. The Labute approximate surface area is 114 Å². The lowest BCUT2D eigenvalue weighted by Crippen LogP contribution is -2.30. The molecular formula is C15H22N4. The Kier molecular flexibility index (Phi) is 2.78. The van der Waals surface area contributed by atoms with Gasteiger partial charge in [-0.15, -0.1) is 0 Å². The molecule has 0 bridgehead atoms. The van der Waals surface area contributed by atoms with E-state index in [1.165, 1.54) is 22.5 Å². The number of fused-ring (bicyclic) bond motifs is 1. The van der Waals surface area contributed by atoms with E-state index in [1.807, 2.05) is 12.4 Å². The highest BCUT2D eigenvalue weighted by Crippen LogP contribution is 2.41. The number of nitrogens with zero attached hydrogens (tertiary/aromatic N) is 2. The lowest BCUT2D eigenvalue weighted by atomic mass is 9.74. The monoisotopic (exact) mass is 258 g/mol. The fourth-order valence-electron chi connectivity index (χ4n) is 3.27. The van der Waals surface area contributed by atoms with Crippen LogP contribution in [0, 0.1) is 12.3 Å². The fourth-order valence-corrected chi connectivity index (χ4v) is 3.27. The van der Waals surface area contributed by atoms with Gasteiger partial charge in [0.15, 0.2) is 0 Å². The van der Waals surface area contributed by atoms with Gasteiger partial charge in [-0.1, -0.05) is 13.8 Å². The fraction of sp³-hybridized carbons (Fsp3) is 0.533. The number of aromatic amines is 1. The third-order valence-corrected chi connectivity index (χ3v) is 4.16. The van der Waals surface area contributed by atoms with Gasteiger partial charge in [0.2, 0.25) is 0 Å². The summed E-state index contributed by atoms with van der Waals surface area (Å²) >= 11 is 0. The molecular weight excluding hydrogens is 236 g/mol. The summed E-state index contributed by atoms with van der Waals surface area (Å²) in [5.74, 6) is 0. The second-order valence-corrected chi connectivity index (χ2v) is 6.53. The molecule has 0 fully saturated rings. The Morgan fingerprint density at radius 3 is 3.00 bits per heavy atom. The van der Waals surface area contributed by atoms with Crippen molar-refractivity contribution in [1.82, 2.24) is 14.8 Å². The highest BCUT2D eigenvalue weighted by molar-refractivity contribution is 5.34. The molecule has 1 aliphatic rings. The van der Waals surface area contributed by atoms with E-state index in [0.717, 1.165) is 19.4 Å². The third kappa shape index (κ3) is 2.21. The molecule has 3 rings (SSSR count). The minimum absolute atomic E-state index is 0.169. The van der Waals surface area contributed by atoms with Crippen LogP contribution in [0.1, 0.15) is 48.8 Å². The van der Waals surface area contributed by atoms with Crippen molar-refractivity contribution in [1.29, 1.82) is 0 Å². The summed E-state index contributed by atoms with van der Waals surface area (Å²) in [5, 5.41) is 6.90. The van der Waals surface area contributed by atoms with Crippen molar-refractivity contribution in [3.8, 4) is 0 Å². The topological polar surface area (TPSA) is 59.6 Å². The van der Waals surface area contributed by atoms with Crippen molar-refractivity contribution in [3.05, 3.63) is 41.0 Å². The number of rotatable bonds is 2. The first-order valence-corrected chi connectivity index (χ1v) is 6.88. The van der Waals surface area contributed by atoms with Crippen LogP contribution in [0.25, 0.3) is 0 Å². The molecule has 0 radical (unpaired) electrons. The zero-order valence-electron chi connectivity index (χ0n) is 11.9. The van der Waals surface area contributed by atoms with Gasteiger partial charge in [0.25, 0.3) is 0 Å². The summed E-state index contributed by atoms with van der Waals surface area (Å²) < 4.78 is 2.39. The number of nitrogens with one attached hydrogen (secondary N) is 1. The maximum absolute atomic E-state index is 6.35. The molecule has 0 saturated carbocycles. The van der Waals surface area contributed by atoms with Gasteiger partial charge in [-0.2, -0.15) is 5.10 Å². The average molecular weight is 258 g/mol. The normalized spacial score (nSPS) is 21.4. The van der Waals surface area contributed by atoms with Gasteiger partial charge in [-0.3, -0.25) is 5.10 Å². The standard InChI is InChI=1S/C15H22N4/c1-10-4-12-13(16)5-15(2,3)6-14(12)19(10)9-11-7-17-18-8-11/h4,7-8,13H,5-6,9,16H2,1-3H3,(H,17,18). The zero-order valence-corrected chi connectivity index (χ0v) is 11.9. The largest absolute Gasteiger partial charge is 0.344 e. The van der Waals surface area contributed by atoms with Gasteiger partial charge in [0.05, 0.1) is 12.7 Å². The summed E-state index contributed by atoms with van der Waals surface area (Å²) in [6.07, 6.45) is 6.01. The summed E-state index contributed by atoms with van der Waals surface area (Å²) in [4.78, 5) is 0. The first-order valence-electron chi connectivity index (χ1n) is 6.88. The Morgan fingerprint density at radius 1 is 1.53 bits per heavy atom. The van der Waals surface area contributed by atoms with Crippen LogP contribution in [0.4, 0.5) is 0 Å². The van der Waals surface area contributed by atoms with Crippen molar-refractivity contribution in [3.63, 3.8) is 0 Å². The summed E-state index contributed by atoms with van der Waals surface area (Å²) in [7, 11) is 0. The smallest absolute Gasteiger partial charge is 0.0537 e. The van der Waals surface area contributed by atoms with Crippen LogP contribution in [0.5, 0.6) is 0 Å². The highest BCUT2D eigenvalue weighted by atomic mass is 15.1. The van der Waals surface area contributed by atoms with E-state index in [0.29, 0.717) is 0 Å². The second kappa shape index (κ2) is 4.23. The van der Waals surface area contributed by atoms with Crippen molar-refractivity contribution < 1.29 is 0 Å². The minimum Gasteiger partial charge on any atom is -0.344 e. The summed E-state index contributed by atoms with van der Waals surface area (Å²) in [6, 6.07) is 2.43. The van der Waals surface area contributed by atoms with E-state index in [2.05, 4.69) is 41.6 Å². The van der Waals surface area contributed by atoms with Crippen molar-refractivity contribution in [2.45, 2.75) is 46.2 Å². The molecule has 2 aromatic rings. The van der Waals surface area contributed by atoms with Gasteiger partial charge in [-0.05, 0) is 36.8 Å². The van der Waals surface area contributed by atoms with Crippen molar-refractivity contribution in [2.75, 3.05) is 0 Å². The lowest BCUT2D eigenvalue weighted by molar-refractivity contribution is 0.276. The zero-order chi connectivity index (χ0) is 13.6. The highest BCUT2D eigenvalue weighted by Gasteiger charge is 2.33. The maximum atomic E-state index is 6.35. The molecule has 0 aliphatic heterocycles. The number of aromatic nitrogens is 3. The van der Waals surface area contributed by atoms with Crippen molar-refractivity contribution >= 4 is 0 Å². The summed E-state index contributed by atoms with van der Waals surface area (Å²) in [6.45, 7) is 7.65. The van der Waals surface area contributed by atoms with Crippen LogP contribution in [0.15, 0.2) is 18.5 Å². The second-order valence-electron chi connectivity index (χ2n) is 6.53. The number of hydrogen-bond acceptors (Lipinski definition) is 2. The van der Waals surface area contributed by atoms with Crippen LogP contribution in [-0.4, -0.2) is 14.8 Å². The summed E-state index contributed by atoms with van der Waals surface area (Å²) in [5.41, 5.74) is 11.9. The molecule has 0 aromatic carbocycles. The van der Waals surface area contributed by atoms with Crippen LogP contribution >= 0.6 is 0 Å². The van der Waals surface area contributed by atoms with Gasteiger partial charge >= 0.3 is 0 Å². The molecule has 4 heteroatoms. The van der Waals surface area contributed by atoms with Crippen LogP contribution < -0.4 is 5.73 Å². The van der Waals surface area contributed by atoms with E-state index >= 15 is 0 Å². The molecule has 102 valence electrons. The molecule has 4 nitrogen and oxygen atoms in total. The van der Waals surface area contributed by atoms with Gasteiger partial charge in [-0.25, -0.2) is 0 Å². The Hall–Kier alpha value is -1.55. The van der Waals surface area contributed by atoms with Crippen LogP contribution in [0.2, 0.25) is 0 Å². The molecule has 19 heavy (non-hydrogen) atoms. The molecule has 3 N–H and O–H groups in total. The van der Waals surface area contributed by atoms with Gasteiger partial charge < -0.3 is 10.3 Å². The molecule has 0 saturated heterocycles. The molecule has 1 aliphatic carbocycles. The van der Waals surface area contributed by atoms with E-state index in [-0.39, 0.29) is 11.5 Å². The predicted molar refractivity (Wildman–Crippen MR) is 75.9 cm³/mol. The molecule has 2 aromatic heterocycles. The molecule has 1 atom stereocenters. The minimum atomic E-state index is 0.169. The van der Waals surface area contributed by atoms with Gasteiger partial charge in [0, 0.05) is 29.2 Å². The Balaban J connectivity index is 2.02. The number of hydrogen-bond donors (Lipinski definition) is 2. The SMILES string of the molecule is Cc1cc2c(n1Cc1cn[nH]c1)CC(C)(C)CC2N. The van der Waals surface area contributed by atoms with E-state index in [1.54, 1.807) is 0 Å². The quantitative estimate of drug-likeness (QED) is 0.869. The first-order chi connectivity index (χ1) is 8.96. The lowest BCUT2D eigenvalue weighted by Gasteiger charge is -2.34. The molecule has 0 amide bonds. The Bertz CT molecular complexity index is 578. The number of aryl methyl sites for hydroxylation is 1. The molecule has 2 heterocycles. The van der Waals surface area contributed by atoms with E-state index in [9.17, 15) is 0 Å². The van der Waals surface area contributed by atoms with E-state index < -0.39 is 0 Å². The molecule has 1 unspecified atom stereocenters. The van der Waals surface area contributed by atoms with E-state index in [4.69, 9.17) is 5.73 Å². The van der Waals surface area contributed by atoms with Gasteiger partial charge in [0.1, 0.15) is 0 Å². The average Bonchev–Trinajstić information content (AvgIpc) is 2.90. The maximum Gasteiger partial charge on any atom is 0.0537 e. The predicted octanol–water partition coefficient (Wildman–Crippen LogP) is 2.54. The third-order valence-electron chi connectivity index (χ3n) is 4.16. The van der Waals surface area contributed by atoms with Crippen LogP contribution in [-0.2, 0) is 13.0 Å². The first kappa shape index (κ1) is 12.5. The van der Waals surface area contributed by atoms with Crippen LogP contribution in [0.3, 0.4) is 0 Å².